The van der Waals surface area contributed by atoms with Crippen molar-refractivity contribution < 1.29 is 9.18 Å². The van der Waals surface area contributed by atoms with E-state index in [4.69, 9.17) is 11.6 Å². The van der Waals surface area contributed by atoms with Gasteiger partial charge in [0.2, 0.25) is 0 Å². The normalized spacial score (nSPS) is 15.4. The van der Waals surface area contributed by atoms with Crippen LogP contribution in [0.5, 0.6) is 0 Å². The van der Waals surface area contributed by atoms with Crippen molar-refractivity contribution >= 4 is 29.1 Å². The minimum Gasteiger partial charge on any atom is -0.354 e. The number of anilines is 2. The third-order valence-corrected chi connectivity index (χ3v) is 4.21. The Morgan fingerprint density at radius 2 is 1.96 bits per heavy atom. The highest BCUT2D eigenvalue weighted by atomic mass is 35.5. The molecule has 24 heavy (non-hydrogen) atoms. The number of nitrogens with zero attached hydrogens (tertiary/aromatic N) is 4. The smallest absolute Gasteiger partial charge is 0.258 e. The summed E-state index contributed by atoms with van der Waals surface area (Å²) in [6, 6.07) is 5.36. The summed E-state index contributed by atoms with van der Waals surface area (Å²) in [5.41, 5.74) is 0.192. The molecule has 0 bridgehead atoms. The van der Waals surface area contributed by atoms with E-state index in [9.17, 15) is 9.18 Å². The summed E-state index contributed by atoms with van der Waals surface area (Å²) in [6.07, 6.45) is 1.41. The van der Waals surface area contributed by atoms with Gasteiger partial charge in [-0.2, -0.15) is 0 Å². The van der Waals surface area contributed by atoms with Gasteiger partial charge in [0, 0.05) is 32.2 Å². The van der Waals surface area contributed by atoms with Gasteiger partial charge in [0.05, 0.1) is 10.6 Å². The molecule has 126 valence electrons. The summed E-state index contributed by atoms with van der Waals surface area (Å²) >= 11 is 5.91. The van der Waals surface area contributed by atoms with Crippen molar-refractivity contribution in [3.05, 3.63) is 47.0 Å². The summed E-state index contributed by atoms with van der Waals surface area (Å²) in [5.74, 6) is 0.210. The van der Waals surface area contributed by atoms with Gasteiger partial charge in [-0.1, -0.05) is 11.6 Å². The van der Waals surface area contributed by atoms with Crippen LogP contribution in [0.2, 0.25) is 5.02 Å². The number of carbonyl (C=O) groups excluding carboxylic acids is 1. The van der Waals surface area contributed by atoms with Crippen LogP contribution in [-0.4, -0.2) is 54.0 Å². The number of hydrogen-bond donors (Lipinski definition) is 1. The minimum absolute atomic E-state index is 0.0563. The van der Waals surface area contributed by atoms with Crippen LogP contribution >= 0.6 is 11.6 Å². The van der Waals surface area contributed by atoms with E-state index in [1.807, 2.05) is 0 Å². The highest BCUT2D eigenvalue weighted by Crippen LogP contribution is 2.20. The fraction of sp³-hybridized carbons (Fsp3) is 0.312. The largest absolute Gasteiger partial charge is 0.354 e. The van der Waals surface area contributed by atoms with Crippen molar-refractivity contribution in [3.8, 4) is 0 Å². The molecule has 0 atom stereocenters. The van der Waals surface area contributed by atoms with Crippen LogP contribution in [0.1, 0.15) is 10.4 Å². The lowest BCUT2D eigenvalue weighted by Gasteiger charge is -2.33. The molecule has 0 spiro atoms. The Morgan fingerprint density at radius 3 is 2.67 bits per heavy atom. The van der Waals surface area contributed by atoms with Gasteiger partial charge in [0.15, 0.2) is 0 Å². The number of piperazine rings is 1. The Kier molecular flexibility index (Phi) is 4.92. The van der Waals surface area contributed by atoms with E-state index in [1.54, 1.807) is 6.07 Å². The van der Waals surface area contributed by atoms with Crippen LogP contribution in [0.15, 0.2) is 30.6 Å². The molecule has 1 fully saturated rings. The number of halogens is 2. The first-order chi connectivity index (χ1) is 11.5. The highest BCUT2D eigenvalue weighted by Gasteiger charge is 2.17. The van der Waals surface area contributed by atoms with E-state index >= 15 is 0 Å². The first-order valence-corrected chi connectivity index (χ1v) is 7.92. The summed E-state index contributed by atoms with van der Waals surface area (Å²) in [4.78, 5) is 25.0. The van der Waals surface area contributed by atoms with Gasteiger partial charge < -0.3 is 15.1 Å². The number of rotatable bonds is 3. The first kappa shape index (κ1) is 16.6. The molecular weight excluding hydrogens is 333 g/mol. The molecule has 0 aliphatic carbocycles. The van der Waals surface area contributed by atoms with Crippen LogP contribution in [0.4, 0.5) is 16.0 Å². The summed E-state index contributed by atoms with van der Waals surface area (Å²) in [7, 11) is 2.08. The zero-order chi connectivity index (χ0) is 17.1. The van der Waals surface area contributed by atoms with Crippen LogP contribution in [0.25, 0.3) is 0 Å². The molecule has 1 N–H and O–H groups in total. The van der Waals surface area contributed by atoms with E-state index in [0.717, 1.165) is 38.1 Å². The molecule has 0 radical (unpaired) electrons. The van der Waals surface area contributed by atoms with E-state index in [-0.39, 0.29) is 10.6 Å². The van der Waals surface area contributed by atoms with Crippen molar-refractivity contribution in [2.75, 3.05) is 43.4 Å². The average molecular weight is 350 g/mol. The van der Waals surface area contributed by atoms with Gasteiger partial charge >= 0.3 is 0 Å². The molecule has 6 nitrogen and oxygen atoms in total. The molecule has 2 heterocycles. The molecule has 1 aromatic heterocycles. The van der Waals surface area contributed by atoms with Crippen molar-refractivity contribution in [1.29, 1.82) is 0 Å². The quantitative estimate of drug-likeness (QED) is 0.921. The lowest BCUT2D eigenvalue weighted by molar-refractivity contribution is 0.102. The van der Waals surface area contributed by atoms with E-state index in [0.29, 0.717) is 5.82 Å². The number of amides is 1. The van der Waals surface area contributed by atoms with Crippen LogP contribution in [-0.2, 0) is 0 Å². The van der Waals surface area contributed by atoms with E-state index in [2.05, 4.69) is 32.1 Å². The standard InChI is InChI=1S/C16H17ClFN5O/c1-22-4-6-23(7-5-22)15-9-14(19-10-20-15)21-16(24)12-3-2-11(18)8-13(12)17/h2-3,8-10H,4-7H2,1H3,(H,19,20,21,24). The van der Waals surface area contributed by atoms with Gasteiger partial charge in [0.1, 0.15) is 23.8 Å². The molecule has 1 saturated heterocycles. The van der Waals surface area contributed by atoms with Gasteiger partial charge in [0.25, 0.3) is 5.91 Å². The SMILES string of the molecule is CN1CCN(c2cc(NC(=O)c3ccc(F)cc3Cl)ncn2)CC1. The molecule has 0 saturated carbocycles. The van der Waals surface area contributed by atoms with E-state index in [1.165, 1.54) is 18.5 Å². The van der Waals surface area contributed by atoms with Crippen LogP contribution < -0.4 is 10.2 Å². The second-order valence-electron chi connectivity index (χ2n) is 5.63. The maximum absolute atomic E-state index is 13.1. The van der Waals surface area contributed by atoms with Gasteiger partial charge in [-0.3, -0.25) is 4.79 Å². The van der Waals surface area contributed by atoms with Crippen molar-refractivity contribution in [2.24, 2.45) is 0 Å². The molecule has 1 aliphatic heterocycles. The minimum atomic E-state index is -0.490. The molecule has 1 aromatic carbocycles. The Balaban J connectivity index is 1.73. The van der Waals surface area contributed by atoms with Crippen molar-refractivity contribution in [2.45, 2.75) is 0 Å². The Morgan fingerprint density at radius 1 is 1.21 bits per heavy atom. The van der Waals surface area contributed by atoms with Crippen molar-refractivity contribution in [3.63, 3.8) is 0 Å². The maximum atomic E-state index is 13.1. The molecular formula is C16H17ClFN5O. The molecule has 1 amide bonds. The highest BCUT2D eigenvalue weighted by molar-refractivity contribution is 6.34. The lowest BCUT2D eigenvalue weighted by Crippen LogP contribution is -2.44. The molecule has 1 aliphatic rings. The molecule has 8 heteroatoms. The van der Waals surface area contributed by atoms with Crippen LogP contribution in [0, 0.1) is 5.82 Å². The van der Waals surface area contributed by atoms with Gasteiger partial charge in [-0.05, 0) is 25.2 Å². The topological polar surface area (TPSA) is 61.4 Å². The summed E-state index contributed by atoms with van der Waals surface area (Å²) in [6.45, 7) is 3.64. The number of hydrogen-bond acceptors (Lipinski definition) is 5. The second-order valence-corrected chi connectivity index (χ2v) is 6.04. The third-order valence-electron chi connectivity index (χ3n) is 3.90. The van der Waals surface area contributed by atoms with E-state index < -0.39 is 11.7 Å². The predicted octanol–water partition coefficient (Wildman–Crippen LogP) is 2.27. The van der Waals surface area contributed by atoms with Crippen LogP contribution in [0.3, 0.4) is 0 Å². The number of likely N-dealkylation sites (N-methyl/N-ethyl adjacent to an activating group) is 1. The average Bonchev–Trinajstić information content (AvgIpc) is 2.55. The number of benzene rings is 1. The Hall–Kier alpha value is -2.25. The molecule has 2 aromatic rings. The monoisotopic (exact) mass is 349 g/mol. The zero-order valence-electron chi connectivity index (χ0n) is 13.2. The second kappa shape index (κ2) is 7.11. The predicted molar refractivity (Wildman–Crippen MR) is 91.1 cm³/mol. The number of nitrogens with one attached hydrogen (secondary N) is 1. The fourth-order valence-electron chi connectivity index (χ4n) is 2.48. The third kappa shape index (κ3) is 3.80. The maximum Gasteiger partial charge on any atom is 0.258 e. The molecule has 0 unspecified atom stereocenters. The van der Waals surface area contributed by atoms with Gasteiger partial charge in [-0.15, -0.1) is 0 Å². The Labute approximate surface area is 144 Å². The fourth-order valence-corrected chi connectivity index (χ4v) is 2.73. The number of aromatic nitrogens is 2. The van der Waals surface area contributed by atoms with Gasteiger partial charge in [-0.25, -0.2) is 14.4 Å². The number of carbonyl (C=O) groups is 1. The summed E-state index contributed by atoms with van der Waals surface area (Å²) < 4.78 is 13.1. The Bertz CT molecular complexity index is 749. The summed E-state index contributed by atoms with van der Waals surface area (Å²) in [5, 5.41) is 2.73. The zero-order valence-corrected chi connectivity index (χ0v) is 13.9. The molecule has 3 rings (SSSR count). The lowest BCUT2D eigenvalue weighted by atomic mass is 10.2. The van der Waals surface area contributed by atoms with Crippen molar-refractivity contribution in [1.82, 2.24) is 14.9 Å². The first-order valence-electron chi connectivity index (χ1n) is 7.55.